The van der Waals surface area contributed by atoms with Crippen molar-refractivity contribution in [2.45, 2.75) is 13.0 Å². The van der Waals surface area contributed by atoms with Gasteiger partial charge >= 0.3 is 0 Å². The molecule has 0 atom stereocenters. The quantitative estimate of drug-likeness (QED) is 0.858. The summed E-state index contributed by atoms with van der Waals surface area (Å²) in [5, 5.41) is 0.132. The van der Waals surface area contributed by atoms with Crippen molar-refractivity contribution >= 4 is 11.6 Å². The summed E-state index contributed by atoms with van der Waals surface area (Å²) in [6.07, 6.45) is 5.10. The molecule has 0 unspecified atom stereocenters. The van der Waals surface area contributed by atoms with E-state index in [-0.39, 0.29) is 5.02 Å². The number of rotatable bonds is 4. The van der Waals surface area contributed by atoms with Gasteiger partial charge in [0.05, 0.1) is 17.0 Å². The van der Waals surface area contributed by atoms with Crippen LogP contribution in [0, 0.1) is 5.82 Å². The average molecular weight is 280 g/mol. The molecule has 1 aliphatic rings. The predicted molar refractivity (Wildman–Crippen MR) is 73.7 cm³/mol. The van der Waals surface area contributed by atoms with Gasteiger partial charge in [-0.2, -0.15) is 0 Å². The van der Waals surface area contributed by atoms with E-state index < -0.39 is 5.82 Å². The number of aromatic nitrogens is 2. The van der Waals surface area contributed by atoms with Crippen LogP contribution in [0.2, 0.25) is 5.02 Å². The number of halogens is 2. The topological polar surface area (TPSA) is 21.1 Å². The van der Waals surface area contributed by atoms with Crippen LogP contribution in [-0.2, 0) is 6.54 Å². The van der Waals surface area contributed by atoms with Gasteiger partial charge in [-0.05, 0) is 37.7 Å². The molecule has 3 rings (SSSR count). The third kappa shape index (κ3) is 2.80. The minimum atomic E-state index is -0.400. The van der Waals surface area contributed by atoms with Gasteiger partial charge in [0.25, 0.3) is 0 Å². The first-order valence-corrected chi connectivity index (χ1v) is 6.80. The molecule has 1 aromatic carbocycles. The van der Waals surface area contributed by atoms with Gasteiger partial charge in [0.15, 0.2) is 0 Å². The first-order chi connectivity index (χ1) is 9.22. The van der Waals surface area contributed by atoms with Crippen LogP contribution < -0.4 is 0 Å². The summed E-state index contributed by atoms with van der Waals surface area (Å²) in [4.78, 5) is 6.75. The van der Waals surface area contributed by atoms with E-state index in [1.807, 2.05) is 12.5 Å². The number of imidazole rings is 1. The van der Waals surface area contributed by atoms with Gasteiger partial charge < -0.3 is 9.47 Å². The fourth-order valence-electron chi connectivity index (χ4n) is 2.15. The molecule has 0 saturated carbocycles. The van der Waals surface area contributed by atoms with Crippen LogP contribution in [0.5, 0.6) is 0 Å². The smallest absolute Gasteiger partial charge is 0.141 e. The molecule has 1 aliphatic heterocycles. The van der Waals surface area contributed by atoms with Crippen LogP contribution in [-0.4, -0.2) is 34.1 Å². The monoisotopic (exact) mass is 279 g/mol. The number of hydrogen-bond acceptors (Lipinski definition) is 2. The highest BCUT2D eigenvalue weighted by Crippen LogP contribution is 2.23. The highest BCUT2D eigenvalue weighted by atomic mass is 35.5. The van der Waals surface area contributed by atoms with Crippen molar-refractivity contribution in [3.8, 4) is 11.3 Å². The Balaban J connectivity index is 1.70. The average Bonchev–Trinajstić information content (AvgIpc) is 2.79. The van der Waals surface area contributed by atoms with Crippen molar-refractivity contribution < 1.29 is 4.39 Å². The second-order valence-corrected chi connectivity index (χ2v) is 5.23. The molecule has 2 aromatic rings. The van der Waals surface area contributed by atoms with Gasteiger partial charge in [0.2, 0.25) is 0 Å². The van der Waals surface area contributed by atoms with Crippen LogP contribution in [0.3, 0.4) is 0 Å². The molecule has 0 amide bonds. The van der Waals surface area contributed by atoms with Crippen LogP contribution in [0.4, 0.5) is 4.39 Å². The van der Waals surface area contributed by atoms with Crippen molar-refractivity contribution in [1.82, 2.24) is 14.5 Å². The molecule has 5 heteroatoms. The van der Waals surface area contributed by atoms with Crippen LogP contribution >= 0.6 is 11.6 Å². The van der Waals surface area contributed by atoms with E-state index in [1.165, 1.54) is 25.6 Å². The largest absolute Gasteiger partial charge is 0.336 e. The standard InChI is InChI=1S/C14H15ClFN3/c15-12-8-11(2-3-13(12)16)14-9-19(10-17-14)7-6-18-4-1-5-18/h2-3,8-10H,1,4-7H2. The Morgan fingerprint density at radius 1 is 1.26 bits per heavy atom. The van der Waals surface area contributed by atoms with Crippen molar-refractivity contribution in [3.05, 3.63) is 41.6 Å². The normalized spacial score (nSPS) is 15.5. The molecule has 1 aromatic heterocycles. The lowest BCUT2D eigenvalue weighted by atomic mass is 10.2. The highest BCUT2D eigenvalue weighted by Gasteiger charge is 2.13. The summed E-state index contributed by atoms with van der Waals surface area (Å²) in [6, 6.07) is 4.68. The van der Waals surface area contributed by atoms with Crippen LogP contribution in [0.1, 0.15) is 6.42 Å². The van der Waals surface area contributed by atoms with E-state index in [0.29, 0.717) is 0 Å². The Morgan fingerprint density at radius 3 is 2.79 bits per heavy atom. The lowest BCUT2D eigenvalue weighted by Crippen LogP contribution is -2.39. The molecule has 1 saturated heterocycles. The Labute approximate surface area is 116 Å². The first-order valence-electron chi connectivity index (χ1n) is 6.42. The second kappa shape index (κ2) is 5.31. The SMILES string of the molecule is Fc1ccc(-c2cn(CCN3CCC3)cn2)cc1Cl. The zero-order valence-corrected chi connectivity index (χ0v) is 11.3. The van der Waals surface area contributed by atoms with Gasteiger partial charge in [0.1, 0.15) is 5.82 Å². The fraction of sp³-hybridized carbons (Fsp3) is 0.357. The maximum atomic E-state index is 13.1. The van der Waals surface area contributed by atoms with Crippen LogP contribution in [0.15, 0.2) is 30.7 Å². The number of hydrogen-bond donors (Lipinski definition) is 0. The molecule has 0 radical (unpaired) electrons. The second-order valence-electron chi connectivity index (χ2n) is 4.82. The molecule has 3 nitrogen and oxygen atoms in total. The Hall–Kier alpha value is -1.39. The van der Waals surface area contributed by atoms with Gasteiger partial charge in [-0.3, -0.25) is 0 Å². The molecular weight excluding hydrogens is 265 g/mol. The summed E-state index contributed by atoms with van der Waals surface area (Å²) in [5.74, 6) is -0.400. The van der Waals surface area contributed by atoms with E-state index in [0.717, 1.165) is 24.3 Å². The van der Waals surface area contributed by atoms with Crippen molar-refractivity contribution in [2.75, 3.05) is 19.6 Å². The minimum Gasteiger partial charge on any atom is -0.336 e. The third-order valence-electron chi connectivity index (χ3n) is 3.47. The van der Waals surface area contributed by atoms with Crippen molar-refractivity contribution in [1.29, 1.82) is 0 Å². The number of likely N-dealkylation sites (tertiary alicyclic amines) is 1. The first kappa shape index (κ1) is 12.6. The van der Waals surface area contributed by atoms with Crippen LogP contribution in [0.25, 0.3) is 11.3 Å². The molecule has 1 fully saturated rings. The third-order valence-corrected chi connectivity index (χ3v) is 3.76. The van der Waals surface area contributed by atoms with Gasteiger partial charge in [-0.15, -0.1) is 0 Å². The Morgan fingerprint density at radius 2 is 2.11 bits per heavy atom. The summed E-state index contributed by atoms with van der Waals surface area (Å²) < 4.78 is 15.2. The maximum Gasteiger partial charge on any atom is 0.141 e. The van der Waals surface area contributed by atoms with Gasteiger partial charge in [-0.1, -0.05) is 11.6 Å². The summed E-state index contributed by atoms with van der Waals surface area (Å²) in [6.45, 7) is 4.39. The maximum absolute atomic E-state index is 13.1. The van der Waals surface area contributed by atoms with E-state index in [4.69, 9.17) is 11.6 Å². The zero-order valence-electron chi connectivity index (χ0n) is 10.5. The fourth-order valence-corrected chi connectivity index (χ4v) is 2.33. The lowest BCUT2D eigenvalue weighted by molar-refractivity contribution is 0.174. The number of nitrogens with zero attached hydrogens (tertiary/aromatic N) is 3. The van der Waals surface area contributed by atoms with E-state index in [9.17, 15) is 4.39 Å². The summed E-state index contributed by atoms with van der Waals surface area (Å²) in [5.41, 5.74) is 1.67. The molecule has 0 bridgehead atoms. The molecule has 19 heavy (non-hydrogen) atoms. The minimum absolute atomic E-state index is 0.132. The van der Waals surface area contributed by atoms with Crippen molar-refractivity contribution in [3.63, 3.8) is 0 Å². The van der Waals surface area contributed by atoms with Gasteiger partial charge in [0, 0.05) is 24.8 Å². The lowest BCUT2D eigenvalue weighted by Gasteiger charge is -2.30. The Kier molecular flexibility index (Phi) is 3.53. The Bertz CT molecular complexity index is 578. The molecule has 2 heterocycles. The predicted octanol–water partition coefficient (Wildman–Crippen LogP) is 3.05. The van der Waals surface area contributed by atoms with Gasteiger partial charge in [-0.25, -0.2) is 9.37 Å². The number of benzene rings is 1. The van der Waals surface area contributed by atoms with Crippen molar-refractivity contribution in [2.24, 2.45) is 0 Å². The van der Waals surface area contributed by atoms with E-state index in [2.05, 4.69) is 14.5 Å². The highest BCUT2D eigenvalue weighted by molar-refractivity contribution is 6.31. The molecule has 0 N–H and O–H groups in total. The summed E-state index contributed by atoms with van der Waals surface area (Å²) >= 11 is 5.78. The molecule has 0 spiro atoms. The molecule has 100 valence electrons. The molecular formula is C14H15ClFN3. The van der Waals surface area contributed by atoms with E-state index in [1.54, 1.807) is 12.1 Å². The zero-order chi connectivity index (χ0) is 13.2. The summed E-state index contributed by atoms with van der Waals surface area (Å²) in [7, 11) is 0. The molecule has 0 aliphatic carbocycles. The van der Waals surface area contributed by atoms with E-state index >= 15 is 0 Å².